The van der Waals surface area contributed by atoms with Gasteiger partial charge in [-0.3, -0.25) is 0 Å². The summed E-state index contributed by atoms with van der Waals surface area (Å²) in [7, 11) is 0. The van der Waals surface area contributed by atoms with Crippen LogP contribution in [-0.4, -0.2) is 49.9 Å². The zero-order chi connectivity index (χ0) is 17.2. The molecule has 0 aromatic carbocycles. The first kappa shape index (κ1) is 26.7. The maximum Gasteiger partial charge on any atom is 1.00 e. The van der Waals surface area contributed by atoms with Crippen LogP contribution in [0.2, 0.25) is 0 Å². The van der Waals surface area contributed by atoms with E-state index >= 15 is 0 Å². The third kappa shape index (κ3) is 17.8. The Bertz CT molecular complexity index is 362. The Morgan fingerprint density at radius 1 is 0.636 bits per heavy atom. The monoisotopic (exact) mass is 454 g/mol. The third-order valence-electron chi connectivity index (χ3n) is 1.07. The number of carbonyl (C=O) groups excluding carboxylic acids is 5. The Kier molecular flexibility index (Phi) is 16.1. The van der Waals surface area contributed by atoms with Crippen molar-refractivity contribution in [2.75, 3.05) is 0 Å². The van der Waals surface area contributed by atoms with Gasteiger partial charge in [0.2, 0.25) is 0 Å². The van der Waals surface area contributed by atoms with Gasteiger partial charge in [0.25, 0.3) is 0 Å². The van der Waals surface area contributed by atoms with E-state index in [9.17, 15) is 19.2 Å². The summed E-state index contributed by atoms with van der Waals surface area (Å²) in [5, 5.41) is 8.89. The SMILES string of the molecule is CC(=O)[O-].CC(=O)[O][Sn]([O]C(C)=O)([O]C(C)=O)[O]C(C)=O.[K+]. The van der Waals surface area contributed by atoms with Crippen LogP contribution in [0.4, 0.5) is 0 Å². The Morgan fingerprint density at radius 2 is 0.773 bits per heavy atom. The maximum absolute atomic E-state index is 10.9. The van der Waals surface area contributed by atoms with Gasteiger partial charge >= 0.3 is 154 Å². The molecule has 0 spiro atoms. The molecular formula is C10H15KO10Sn. The third-order valence-corrected chi connectivity index (χ3v) is 7.21. The first-order valence-corrected chi connectivity index (χ1v) is 10.0. The zero-order valence-corrected chi connectivity index (χ0v) is 19.1. The number of hydrogen-bond acceptors (Lipinski definition) is 10. The van der Waals surface area contributed by atoms with E-state index in [-0.39, 0.29) is 51.4 Å². The molecule has 10 nitrogen and oxygen atoms in total. The molecule has 0 aromatic rings. The molecule has 0 N–H and O–H groups in total. The van der Waals surface area contributed by atoms with Crippen LogP contribution in [-0.2, 0) is 36.3 Å². The van der Waals surface area contributed by atoms with Crippen molar-refractivity contribution in [3.63, 3.8) is 0 Å². The van der Waals surface area contributed by atoms with E-state index < -0.39 is 49.9 Å². The fourth-order valence-electron chi connectivity index (χ4n) is 0.829. The Labute approximate surface area is 175 Å². The van der Waals surface area contributed by atoms with Crippen LogP contribution in [0.15, 0.2) is 0 Å². The molecule has 0 heterocycles. The van der Waals surface area contributed by atoms with Gasteiger partial charge in [-0.2, -0.15) is 0 Å². The van der Waals surface area contributed by atoms with Gasteiger partial charge in [0.15, 0.2) is 0 Å². The fourth-order valence-corrected chi connectivity index (χ4v) is 5.56. The molecule has 0 rings (SSSR count). The van der Waals surface area contributed by atoms with Crippen molar-refractivity contribution in [3.8, 4) is 0 Å². The van der Waals surface area contributed by atoms with Gasteiger partial charge in [0.1, 0.15) is 0 Å². The first-order valence-electron chi connectivity index (χ1n) is 5.36. The van der Waals surface area contributed by atoms with Crippen LogP contribution in [0, 0.1) is 0 Å². The van der Waals surface area contributed by atoms with Crippen molar-refractivity contribution in [2.24, 2.45) is 0 Å². The van der Waals surface area contributed by atoms with Crippen molar-refractivity contribution in [3.05, 3.63) is 0 Å². The maximum atomic E-state index is 10.9. The smallest absolute Gasteiger partial charge is 1.00 e. The van der Waals surface area contributed by atoms with E-state index in [2.05, 4.69) is 12.3 Å². The molecule has 0 radical (unpaired) electrons. The number of carbonyl (C=O) groups is 5. The minimum Gasteiger partial charge on any atom is 1.00 e. The Hall–Kier alpha value is -0.215. The fraction of sp³-hybridized carbons (Fsp3) is 0.500. The van der Waals surface area contributed by atoms with Gasteiger partial charge in [-0.05, 0) is 6.92 Å². The number of hydrogen-bond donors (Lipinski definition) is 0. The van der Waals surface area contributed by atoms with Gasteiger partial charge in [0.05, 0.1) is 0 Å². The van der Waals surface area contributed by atoms with Crippen LogP contribution in [0.5, 0.6) is 0 Å². The van der Waals surface area contributed by atoms with Gasteiger partial charge < -0.3 is 9.90 Å². The van der Waals surface area contributed by atoms with E-state index in [0.29, 0.717) is 0 Å². The van der Waals surface area contributed by atoms with Gasteiger partial charge in [-0.25, -0.2) is 0 Å². The van der Waals surface area contributed by atoms with Crippen molar-refractivity contribution in [1.29, 1.82) is 0 Å². The number of aliphatic carboxylic acids is 1. The molecular weight excluding hydrogens is 438 g/mol. The van der Waals surface area contributed by atoms with Crippen molar-refractivity contribution < 1.29 is 92.8 Å². The number of rotatable bonds is 4. The quantitative estimate of drug-likeness (QED) is 0.382. The summed E-state index contributed by atoms with van der Waals surface area (Å²) < 4.78 is 18.4. The average Bonchev–Trinajstić information content (AvgIpc) is 2.08. The van der Waals surface area contributed by atoms with E-state index in [1.54, 1.807) is 0 Å². The predicted molar refractivity (Wildman–Crippen MR) is 63.5 cm³/mol. The molecule has 0 amide bonds. The molecule has 0 atom stereocenters. The van der Waals surface area contributed by atoms with Gasteiger partial charge in [-0.15, -0.1) is 0 Å². The molecule has 0 unspecified atom stereocenters. The van der Waals surface area contributed by atoms with E-state index in [4.69, 9.17) is 9.90 Å². The topological polar surface area (TPSA) is 145 Å². The van der Waals surface area contributed by atoms with E-state index in [0.717, 1.165) is 34.6 Å². The minimum absolute atomic E-state index is 0. The molecule has 0 bridgehead atoms. The van der Waals surface area contributed by atoms with Gasteiger partial charge in [0, 0.05) is 5.97 Å². The molecule has 0 aromatic heterocycles. The normalized spacial score (nSPS) is 8.95. The second-order valence-electron chi connectivity index (χ2n) is 3.37. The summed E-state index contributed by atoms with van der Waals surface area (Å²) in [5.74, 6) is -4.62. The first-order chi connectivity index (χ1) is 9.40. The van der Waals surface area contributed by atoms with Crippen LogP contribution in [0.1, 0.15) is 34.6 Å². The summed E-state index contributed by atoms with van der Waals surface area (Å²) in [6.45, 7) is 4.98. The van der Waals surface area contributed by atoms with Crippen LogP contribution in [0.25, 0.3) is 0 Å². The summed E-state index contributed by atoms with van der Waals surface area (Å²) in [6.07, 6.45) is 0. The molecule has 0 saturated carbocycles. The summed E-state index contributed by atoms with van der Waals surface area (Å²) in [6, 6.07) is 0. The minimum atomic E-state index is -5.28. The average molecular weight is 453 g/mol. The summed E-state index contributed by atoms with van der Waals surface area (Å²) >= 11 is -5.28. The second kappa shape index (κ2) is 13.2. The van der Waals surface area contributed by atoms with E-state index in [1.165, 1.54) is 0 Å². The van der Waals surface area contributed by atoms with Crippen LogP contribution < -0.4 is 56.5 Å². The van der Waals surface area contributed by atoms with Crippen molar-refractivity contribution in [1.82, 2.24) is 0 Å². The molecule has 0 aliphatic heterocycles. The zero-order valence-electron chi connectivity index (χ0n) is 13.1. The largest absolute Gasteiger partial charge is 1.00 e. The van der Waals surface area contributed by atoms with Crippen molar-refractivity contribution in [2.45, 2.75) is 34.6 Å². The molecule has 0 aliphatic rings. The molecule has 0 fully saturated rings. The standard InChI is InChI=1S/5C2H4O2.K.Sn/c5*1-2(3)4;;/h5*1H3,(H,3,4);;/q;;;;;+1;+4/p-5. The molecule has 0 aliphatic carbocycles. The van der Waals surface area contributed by atoms with E-state index in [1.807, 2.05) is 0 Å². The van der Waals surface area contributed by atoms with Crippen LogP contribution in [0.3, 0.4) is 0 Å². The van der Waals surface area contributed by atoms with Gasteiger partial charge in [-0.1, -0.05) is 0 Å². The number of carboxylic acids is 1. The summed E-state index contributed by atoms with van der Waals surface area (Å²) in [5.41, 5.74) is 0. The summed E-state index contributed by atoms with van der Waals surface area (Å²) in [4.78, 5) is 52.3. The van der Waals surface area contributed by atoms with Crippen molar-refractivity contribution >= 4 is 49.9 Å². The molecule has 12 heteroatoms. The molecule has 22 heavy (non-hydrogen) atoms. The second-order valence-corrected chi connectivity index (χ2v) is 8.55. The molecule has 0 saturated heterocycles. The van der Waals surface area contributed by atoms with Crippen LogP contribution >= 0.6 is 0 Å². The predicted octanol–water partition coefficient (Wildman–Crippen LogP) is -4.57. The Morgan fingerprint density at radius 3 is 0.864 bits per heavy atom. The molecule has 120 valence electrons. The number of carboxylic acid groups (broad SMARTS) is 1. The Balaban J connectivity index is -0.000000640.